The molecule has 26 heavy (non-hydrogen) atoms. The summed E-state index contributed by atoms with van der Waals surface area (Å²) in [6.45, 7) is 6.30. The van der Waals surface area contributed by atoms with Gasteiger partial charge < -0.3 is 9.47 Å². The van der Waals surface area contributed by atoms with Gasteiger partial charge in [0.1, 0.15) is 5.82 Å². The lowest BCUT2D eigenvalue weighted by atomic mass is 10.0. The Labute approximate surface area is 158 Å². The van der Waals surface area contributed by atoms with Gasteiger partial charge in [0.15, 0.2) is 11.5 Å². The molecule has 5 heteroatoms. The second-order valence-electron chi connectivity index (χ2n) is 5.78. The molecule has 1 atom stereocenters. The molecule has 0 heterocycles. The Hall–Kier alpha value is -2.51. The zero-order chi connectivity index (χ0) is 19.1. The van der Waals surface area contributed by atoms with E-state index in [1.165, 1.54) is 12.1 Å². The predicted molar refractivity (Wildman–Crippen MR) is 103 cm³/mol. The third-order valence-corrected chi connectivity index (χ3v) is 4.07. The molecule has 0 saturated carbocycles. The summed E-state index contributed by atoms with van der Waals surface area (Å²) in [5.74, 6) is 0.612. The van der Waals surface area contributed by atoms with Gasteiger partial charge in [-0.15, -0.1) is 0 Å². The van der Waals surface area contributed by atoms with Crippen LogP contribution >= 0.6 is 11.6 Å². The predicted octanol–water partition coefficient (Wildman–Crippen LogP) is 6.12. The van der Waals surface area contributed by atoms with Crippen LogP contribution in [0.3, 0.4) is 0 Å². The summed E-state index contributed by atoms with van der Waals surface area (Å²) in [7, 11) is 0. The molecule has 0 radical (unpaired) electrons. The lowest BCUT2D eigenvalue weighted by molar-refractivity contribution is 0.203. The van der Waals surface area contributed by atoms with E-state index >= 15 is 0 Å². The molecule has 0 saturated heterocycles. The summed E-state index contributed by atoms with van der Waals surface area (Å²) in [6.07, 6.45) is 2.48. The first-order valence-corrected chi connectivity index (χ1v) is 8.87. The second-order valence-corrected chi connectivity index (χ2v) is 6.19. The number of hydrogen-bond acceptors (Lipinski definition) is 3. The van der Waals surface area contributed by atoms with E-state index in [0.29, 0.717) is 39.8 Å². The van der Waals surface area contributed by atoms with Crippen molar-refractivity contribution in [3.63, 3.8) is 0 Å². The van der Waals surface area contributed by atoms with E-state index in [1.54, 1.807) is 30.3 Å². The smallest absolute Gasteiger partial charge is 0.180 e. The van der Waals surface area contributed by atoms with Crippen molar-refractivity contribution in [2.24, 2.45) is 0 Å². The first kappa shape index (κ1) is 19.8. The first-order valence-electron chi connectivity index (χ1n) is 8.49. The SMILES string of the molecule is CCOc1cc(/C=C(/C#N)c2cccc(F)c2)cc(Cl)c1O[C@H](C)CC. The second kappa shape index (κ2) is 9.26. The van der Waals surface area contributed by atoms with Crippen molar-refractivity contribution in [1.82, 2.24) is 0 Å². The van der Waals surface area contributed by atoms with E-state index in [9.17, 15) is 9.65 Å². The van der Waals surface area contributed by atoms with Crippen LogP contribution in [0.15, 0.2) is 36.4 Å². The standard InChI is InChI=1S/C21H21ClFNO2/c1-4-14(3)26-21-19(22)10-15(11-20(21)25-5-2)9-17(13-24)16-7-6-8-18(23)12-16/h6-12,14H,4-5H2,1-3H3/b17-9-/t14-/m1/s1. The Bertz CT molecular complexity index is 842. The Kier molecular flexibility index (Phi) is 7.06. The van der Waals surface area contributed by atoms with E-state index in [0.717, 1.165) is 6.42 Å². The van der Waals surface area contributed by atoms with E-state index in [1.807, 2.05) is 20.8 Å². The molecule has 0 aliphatic heterocycles. The number of ether oxygens (including phenoxy) is 2. The lowest BCUT2D eigenvalue weighted by Crippen LogP contribution is -2.11. The van der Waals surface area contributed by atoms with Gasteiger partial charge in [-0.25, -0.2) is 4.39 Å². The highest BCUT2D eigenvalue weighted by Gasteiger charge is 2.15. The Balaban J connectivity index is 2.47. The van der Waals surface area contributed by atoms with Crippen LogP contribution in [0.2, 0.25) is 5.02 Å². The molecule has 0 unspecified atom stereocenters. The highest BCUT2D eigenvalue weighted by atomic mass is 35.5. The van der Waals surface area contributed by atoms with Gasteiger partial charge in [0.25, 0.3) is 0 Å². The number of allylic oxidation sites excluding steroid dienone is 1. The maximum absolute atomic E-state index is 13.4. The molecular formula is C21H21ClFNO2. The van der Waals surface area contributed by atoms with Crippen LogP contribution < -0.4 is 9.47 Å². The molecule has 0 aromatic heterocycles. The zero-order valence-electron chi connectivity index (χ0n) is 15.1. The highest BCUT2D eigenvalue weighted by Crippen LogP contribution is 2.38. The zero-order valence-corrected chi connectivity index (χ0v) is 15.8. The number of hydrogen-bond donors (Lipinski definition) is 0. The van der Waals surface area contributed by atoms with Crippen LogP contribution in [0.5, 0.6) is 11.5 Å². The molecule has 0 fully saturated rings. The average molecular weight is 374 g/mol. The van der Waals surface area contributed by atoms with Crippen molar-refractivity contribution < 1.29 is 13.9 Å². The van der Waals surface area contributed by atoms with Crippen LogP contribution in [0, 0.1) is 17.1 Å². The number of nitrogens with zero attached hydrogens (tertiary/aromatic N) is 1. The minimum atomic E-state index is -0.394. The van der Waals surface area contributed by atoms with Gasteiger partial charge in [0, 0.05) is 0 Å². The summed E-state index contributed by atoms with van der Waals surface area (Å²) in [5.41, 5.74) is 1.51. The van der Waals surface area contributed by atoms with Gasteiger partial charge in [-0.05, 0) is 61.7 Å². The lowest BCUT2D eigenvalue weighted by Gasteiger charge is -2.18. The van der Waals surface area contributed by atoms with Crippen LogP contribution in [0.1, 0.15) is 38.3 Å². The first-order chi connectivity index (χ1) is 12.5. The normalized spacial score (nSPS) is 12.4. The van der Waals surface area contributed by atoms with E-state index in [4.69, 9.17) is 21.1 Å². The topological polar surface area (TPSA) is 42.2 Å². The molecule has 2 rings (SSSR count). The van der Waals surface area contributed by atoms with Gasteiger partial charge in [-0.1, -0.05) is 30.7 Å². The third kappa shape index (κ3) is 5.00. The van der Waals surface area contributed by atoms with Gasteiger partial charge in [-0.3, -0.25) is 0 Å². The molecule has 2 aromatic rings. The van der Waals surface area contributed by atoms with E-state index in [-0.39, 0.29) is 6.10 Å². The fourth-order valence-electron chi connectivity index (χ4n) is 2.34. The van der Waals surface area contributed by atoms with E-state index in [2.05, 4.69) is 6.07 Å². The molecule has 2 aromatic carbocycles. The van der Waals surface area contributed by atoms with Crippen LogP contribution in [0.4, 0.5) is 4.39 Å². The summed E-state index contributed by atoms with van der Waals surface area (Å²) >= 11 is 6.39. The third-order valence-electron chi connectivity index (χ3n) is 3.79. The molecular weight excluding hydrogens is 353 g/mol. The molecule has 0 aliphatic carbocycles. The summed E-state index contributed by atoms with van der Waals surface area (Å²) < 4.78 is 25.0. The Morgan fingerprint density at radius 1 is 1.31 bits per heavy atom. The van der Waals surface area contributed by atoms with Crippen molar-refractivity contribution >= 4 is 23.3 Å². The highest BCUT2D eigenvalue weighted by molar-refractivity contribution is 6.32. The number of rotatable bonds is 7. The van der Waals surface area contributed by atoms with Crippen molar-refractivity contribution in [2.45, 2.75) is 33.3 Å². The molecule has 136 valence electrons. The minimum absolute atomic E-state index is 0.00457. The van der Waals surface area contributed by atoms with Crippen LogP contribution in [0.25, 0.3) is 11.6 Å². The quantitative estimate of drug-likeness (QED) is 0.433. The largest absolute Gasteiger partial charge is 0.490 e. The fourth-order valence-corrected chi connectivity index (χ4v) is 2.60. The maximum atomic E-state index is 13.4. The minimum Gasteiger partial charge on any atom is -0.490 e. The summed E-state index contributed by atoms with van der Waals surface area (Å²) in [5, 5.41) is 9.85. The van der Waals surface area contributed by atoms with Gasteiger partial charge in [0.05, 0.1) is 29.4 Å². The maximum Gasteiger partial charge on any atom is 0.180 e. The number of benzene rings is 2. The number of halogens is 2. The van der Waals surface area contributed by atoms with E-state index < -0.39 is 5.82 Å². The van der Waals surface area contributed by atoms with Gasteiger partial charge >= 0.3 is 0 Å². The Morgan fingerprint density at radius 2 is 2.08 bits per heavy atom. The fraction of sp³-hybridized carbons (Fsp3) is 0.286. The molecule has 0 amide bonds. The van der Waals surface area contributed by atoms with Gasteiger partial charge in [-0.2, -0.15) is 5.26 Å². The molecule has 3 nitrogen and oxygen atoms in total. The van der Waals surface area contributed by atoms with Crippen molar-refractivity contribution in [3.05, 3.63) is 58.4 Å². The van der Waals surface area contributed by atoms with Crippen molar-refractivity contribution in [1.29, 1.82) is 5.26 Å². The monoisotopic (exact) mass is 373 g/mol. The van der Waals surface area contributed by atoms with Crippen LogP contribution in [-0.4, -0.2) is 12.7 Å². The molecule has 0 spiro atoms. The van der Waals surface area contributed by atoms with Crippen LogP contribution in [-0.2, 0) is 0 Å². The molecule has 0 bridgehead atoms. The van der Waals surface area contributed by atoms with Gasteiger partial charge in [0.2, 0.25) is 0 Å². The average Bonchev–Trinajstić information content (AvgIpc) is 2.62. The van der Waals surface area contributed by atoms with Crippen molar-refractivity contribution in [3.8, 4) is 17.6 Å². The summed E-state index contributed by atoms with van der Waals surface area (Å²) in [6, 6.07) is 11.5. The van der Waals surface area contributed by atoms with Crippen molar-refractivity contribution in [2.75, 3.05) is 6.61 Å². The summed E-state index contributed by atoms with van der Waals surface area (Å²) in [4.78, 5) is 0. The molecule has 0 N–H and O–H groups in total. The Morgan fingerprint density at radius 3 is 2.69 bits per heavy atom. The molecule has 0 aliphatic rings. The number of nitriles is 1.